The molecule has 6 aromatic carbocycles. The number of furan rings is 1. The molecule has 0 aliphatic rings. The van der Waals surface area contributed by atoms with Crippen LogP contribution in [0.1, 0.15) is 11.1 Å². The van der Waals surface area contributed by atoms with Crippen molar-refractivity contribution in [3.05, 3.63) is 126 Å². The standard InChI is InChI=1S/C38H19N3OS/c39-20-22-12-15-33-30(16-22)26-6-1-3-9-32(26)41(33)34-10-5-8-29-31-18-24(17-25(21-40)37(31)42-38(29)34)23-13-14-28-27-7-2-4-11-35(27)43-36(28)19-23/h1-19H. The third-order valence-electron chi connectivity index (χ3n) is 8.45. The quantitative estimate of drug-likeness (QED) is 0.209. The van der Waals surface area contributed by atoms with Crippen molar-refractivity contribution >= 4 is 75.3 Å². The first-order valence-electron chi connectivity index (χ1n) is 14.0. The molecule has 0 aliphatic carbocycles. The van der Waals surface area contributed by atoms with E-state index in [4.69, 9.17) is 4.42 Å². The van der Waals surface area contributed by atoms with Crippen LogP contribution in [-0.2, 0) is 0 Å². The molecule has 0 amide bonds. The minimum Gasteiger partial charge on any atom is -0.452 e. The normalized spacial score (nSPS) is 11.7. The van der Waals surface area contributed by atoms with Crippen molar-refractivity contribution in [1.82, 2.24) is 4.57 Å². The van der Waals surface area contributed by atoms with Crippen molar-refractivity contribution in [3.63, 3.8) is 0 Å². The minimum absolute atomic E-state index is 0.506. The van der Waals surface area contributed by atoms with Crippen molar-refractivity contribution in [2.75, 3.05) is 0 Å². The van der Waals surface area contributed by atoms with Gasteiger partial charge in [0.05, 0.1) is 33.9 Å². The van der Waals surface area contributed by atoms with E-state index in [1.165, 1.54) is 20.2 Å². The maximum atomic E-state index is 10.2. The number of nitrogens with zero attached hydrogens (tertiary/aromatic N) is 3. The van der Waals surface area contributed by atoms with E-state index in [0.29, 0.717) is 16.7 Å². The number of para-hydroxylation sites is 2. The fraction of sp³-hybridized carbons (Fsp3) is 0. The molecule has 0 atom stereocenters. The molecular formula is C38H19N3OS. The predicted octanol–water partition coefficient (Wildman–Crippen LogP) is 10.5. The van der Waals surface area contributed by atoms with E-state index in [9.17, 15) is 10.5 Å². The lowest BCUT2D eigenvalue weighted by Gasteiger charge is -2.08. The highest BCUT2D eigenvalue weighted by Gasteiger charge is 2.20. The van der Waals surface area contributed by atoms with Crippen LogP contribution in [0.5, 0.6) is 0 Å². The Morgan fingerprint density at radius 2 is 1.33 bits per heavy atom. The third-order valence-corrected chi connectivity index (χ3v) is 9.59. The fourth-order valence-corrected chi connectivity index (χ4v) is 7.66. The summed E-state index contributed by atoms with van der Waals surface area (Å²) in [6.07, 6.45) is 0. The van der Waals surface area contributed by atoms with Gasteiger partial charge in [0.1, 0.15) is 6.07 Å². The number of thiophene rings is 1. The number of rotatable bonds is 2. The zero-order valence-electron chi connectivity index (χ0n) is 22.6. The van der Waals surface area contributed by atoms with E-state index in [2.05, 4.69) is 89.5 Å². The number of nitriles is 2. The number of fused-ring (bicyclic) bond motifs is 9. The van der Waals surface area contributed by atoms with Gasteiger partial charge in [-0.25, -0.2) is 0 Å². The Morgan fingerprint density at radius 3 is 2.21 bits per heavy atom. The molecule has 5 heteroatoms. The van der Waals surface area contributed by atoms with E-state index in [1.54, 1.807) is 11.3 Å². The number of hydrogen-bond acceptors (Lipinski definition) is 4. The van der Waals surface area contributed by atoms with Crippen LogP contribution in [0.3, 0.4) is 0 Å². The summed E-state index contributed by atoms with van der Waals surface area (Å²) < 4.78 is 11.3. The molecule has 0 aliphatic heterocycles. The van der Waals surface area contributed by atoms with E-state index >= 15 is 0 Å². The van der Waals surface area contributed by atoms with E-state index in [-0.39, 0.29) is 0 Å². The first kappa shape index (κ1) is 23.8. The van der Waals surface area contributed by atoms with Gasteiger partial charge >= 0.3 is 0 Å². The Labute approximate surface area is 249 Å². The molecule has 0 N–H and O–H groups in total. The van der Waals surface area contributed by atoms with Crippen LogP contribution in [0.4, 0.5) is 0 Å². The second-order valence-corrected chi connectivity index (χ2v) is 11.9. The molecule has 0 saturated carbocycles. The van der Waals surface area contributed by atoms with Crippen LogP contribution in [0.25, 0.3) is 80.7 Å². The molecule has 0 saturated heterocycles. The average Bonchev–Trinajstić information content (AvgIpc) is 3.73. The van der Waals surface area contributed by atoms with Crippen molar-refractivity contribution in [2.45, 2.75) is 0 Å². The maximum absolute atomic E-state index is 10.2. The second-order valence-electron chi connectivity index (χ2n) is 10.8. The number of hydrogen-bond donors (Lipinski definition) is 0. The molecule has 43 heavy (non-hydrogen) atoms. The van der Waals surface area contributed by atoms with Crippen LogP contribution >= 0.6 is 11.3 Å². The van der Waals surface area contributed by atoms with Crippen molar-refractivity contribution in [3.8, 4) is 29.0 Å². The van der Waals surface area contributed by atoms with E-state index in [0.717, 1.165) is 55.0 Å². The number of aromatic nitrogens is 1. The van der Waals surface area contributed by atoms with Crippen LogP contribution in [0.15, 0.2) is 120 Å². The lowest BCUT2D eigenvalue weighted by Crippen LogP contribution is -1.94. The molecule has 0 bridgehead atoms. The molecule has 0 fully saturated rings. The van der Waals surface area contributed by atoms with Gasteiger partial charge in [-0.1, -0.05) is 60.7 Å². The Morgan fingerprint density at radius 1 is 0.535 bits per heavy atom. The predicted molar refractivity (Wildman–Crippen MR) is 176 cm³/mol. The molecule has 0 spiro atoms. The number of benzene rings is 6. The lowest BCUT2D eigenvalue weighted by atomic mass is 9.98. The van der Waals surface area contributed by atoms with Crippen molar-refractivity contribution in [2.24, 2.45) is 0 Å². The SMILES string of the molecule is N#Cc1ccc2c(c1)c1ccccc1n2-c1cccc2c1oc1c(C#N)cc(-c3ccc4c(c3)sc3ccccc34)cc12. The van der Waals surface area contributed by atoms with Crippen molar-refractivity contribution < 1.29 is 4.42 Å². The first-order valence-corrected chi connectivity index (χ1v) is 14.8. The Balaban J connectivity index is 1.30. The average molecular weight is 566 g/mol. The summed E-state index contributed by atoms with van der Waals surface area (Å²) in [5.41, 5.74) is 7.40. The molecule has 0 radical (unpaired) electrons. The van der Waals surface area contributed by atoms with Gasteiger partial charge in [-0.3, -0.25) is 0 Å². The van der Waals surface area contributed by atoms with Gasteiger partial charge in [0.2, 0.25) is 0 Å². The highest BCUT2D eigenvalue weighted by Crippen LogP contribution is 2.41. The summed E-state index contributed by atoms with van der Waals surface area (Å²) in [4.78, 5) is 0. The highest BCUT2D eigenvalue weighted by atomic mass is 32.1. The minimum atomic E-state index is 0.506. The molecule has 4 nitrogen and oxygen atoms in total. The van der Waals surface area contributed by atoms with E-state index < -0.39 is 0 Å². The summed E-state index contributed by atoms with van der Waals surface area (Å²) in [5.74, 6) is 0. The van der Waals surface area contributed by atoms with Gasteiger partial charge in [0.25, 0.3) is 0 Å². The Kier molecular flexibility index (Phi) is 4.87. The van der Waals surface area contributed by atoms with Gasteiger partial charge in [-0.05, 0) is 65.7 Å². The van der Waals surface area contributed by atoms with Crippen LogP contribution in [0, 0.1) is 22.7 Å². The zero-order valence-corrected chi connectivity index (χ0v) is 23.4. The highest BCUT2D eigenvalue weighted by molar-refractivity contribution is 7.25. The molecule has 198 valence electrons. The van der Waals surface area contributed by atoms with Gasteiger partial charge in [0.15, 0.2) is 11.2 Å². The molecule has 0 unspecified atom stereocenters. The van der Waals surface area contributed by atoms with Crippen LogP contribution < -0.4 is 0 Å². The topological polar surface area (TPSA) is 65.7 Å². The Hall–Kier alpha value is -5.88. The summed E-state index contributed by atoms with van der Waals surface area (Å²) >= 11 is 1.79. The lowest BCUT2D eigenvalue weighted by molar-refractivity contribution is 0.665. The third kappa shape index (κ3) is 3.35. The van der Waals surface area contributed by atoms with Crippen molar-refractivity contribution in [1.29, 1.82) is 10.5 Å². The molecular weight excluding hydrogens is 547 g/mol. The summed E-state index contributed by atoms with van der Waals surface area (Å²) in [6.45, 7) is 0. The maximum Gasteiger partial charge on any atom is 0.159 e. The zero-order chi connectivity index (χ0) is 28.7. The molecule has 9 rings (SSSR count). The monoisotopic (exact) mass is 565 g/mol. The van der Waals surface area contributed by atoms with Gasteiger partial charge in [-0.15, -0.1) is 11.3 Å². The van der Waals surface area contributed by atoms with Crippen LogP contribution in [0.2, 0.25) is 0 Å². The van der Waals surface area contributed by atoms with Gasteiger partial charge in [0, 0.05) is 41.7 Å². The van der Waals surface area contributed by atoms with E-state index in [1.807, 2.05) is 42.5 Å². The van der Waals surface area contributed by atoms with Crippen LogP contribution in [-0.4, -0.2) is 4.57 Å². The fourth-order valence-electron chi connectivity index (χ4n) is 6.52. The molecule has 9 aromatic rings. The van der Waals surface area contributed by atoms with Gasteiger partial charge in [-0.2, -0.15) is 10.5 Å². The second kappa shape index (κ2) is 8.81. The summed E-state index contributed by atoms with van der Waals surface area (Å²) in [5, 5.41) is 26.3. The molecule has 3 aromatic heterocycles. The largest absolute Gasteiger partial charge is 0.452 e. The summed E-state index contributed by atoms with van der Waals surface area (Å²) in [6, 6.07) is 44.0. The Bertz CT molecular complexity index is 2710. The molecule has 3 heterocycles. The first-order chi connectivity index (χ1) is 21.2. The summed E-state index contributed by atoms with van der Waals surface area (Å²) in [7, 11) is 0. The van der Waals surface area contributed by atoms with Gasteiger partial charge < -0.3 is 8.98 Å². The smallest absolute Gasteiger partial charge is 0.159 e.